The Balaban J connectivity index is 2.75. The summed E-state index contributed by atoms with van der Waals surface area (Å²) >= 11 is 0. The number of allylic oxidation sites excluding steroid dienone is 1. The van der Waals surface area contributed by atoms with Gasteiger partial charge in [0.2, 0.25) is 0 Å². The summed E-state index contributed by atoms with van der Waals surface area (Å²) in [7, 11) is 0. The number of carboxylic acids is 1. The Morgan fingerprint density at radius 1 is 1.21 bits per heavy atom. The number of carboxylic acid groups (broad SMARTS) is 1. The average molecular weight is 272 g/mol. The number of aliphatic carboxylic acids is 1. The third-order valence-electron chi connectivity index (χ3n) is 3.05. The number of carbonyl (C=O) groups is 1. The quantitative estimate of drug-likeness (QED) is 0.916. The first kappa shape index (κ1) is 13.5. The van der Waals surface area contributed by atoms with Gasteiger partial charge in [0.15, 0.2) is 5.60 Å². The minimum Gasteiger partial charge on any atom is -0.478 e. The Kier molecular flexibility index (Phi) is 3.50. The topological polar surface area (TPSA) is 46.5 Å². The van der Waals surface area contributed by atoms with Gasteiger partial charge >= 0.3 is 5.97 Å². The molecule has 0 unspecified atom stereocenters. The molecule has 1 aromatic rings. The SMILES string of the molecule is O=C(O)C1=C(CF)c2ccccc2OC1(CF)CF. The van der Waals surface area contributed by atoms with Crippen LogP contribution in [0.4, 0.5) is 13.2 Å². The Hall–Kier alpha value is -1.98. The van der Waals surface area contributed by atoms with Crippen LogP contribution in [0.1, 0.15) is 5.56 Å². The lowest BCUT2D eigenvalue weighted by atomic mass is 9.85. The molecule has 102 valence electrons. The van der Waals surface area contributed by atoms with E-state index in [9.17, 15) is 18.0 Å². The summed E-state index contributed by atoms with van der Waals surface area (Å²) in [5.74, 6) is -1.51. The average Bonchev–Trinajstić information content (AvgIpc) is 2.44. The van der Waals surface area contributed by atoms with Gasteiger partial charge in [-0.15, -0.1) is 0 Å². The zero-order valence-electron chi connectivity index (χ0n) is 9.83. The molecule has 1 aromatic carbocycles. The van der Waals surface area contributed by atoms with E-state index in [1.165, 1.54) is 12.1 Å². The Labute approximate surface area is 107 Å². The van der Waals surface area contributed by atoms with Crippen LogP contribution in [0.5, 0.6) is 5.75 Å². The zero-order chi connectivity index (χ0) is 14.0. The van der Waals surface area contributed by atoms with Crippen molar-refractivity contribution in [3.05, 3.63) is 35.4 Å². The van der Waals surface area contributed by atoms with Crippen LogP contribution in [0.2, 0.25) is 0 Å². The maximum Gasteiger partial charge on any atom is 0.336 e. The fraction of sp³-hybridized carbons (Fsp3) is 0.308. The van der Waals surface area contributed by atoms with Gasteiger partial charge in [-0.2, -0.15) is 0 Å². The van der Waals surface area contributed by atoms with E-state index in [1.54, 1.807) is 12.1 Å². The molecule has 1 aliphatic heterocycles. The summed E-state index contributed by atoms with van der Waals surface area (Å²) in [6.07, 6.45) is 0. The molecule has 6 heteroatoms. The molecule has 0 aromatic heterocycles. The number of rotatable bonds is 4. The lowest BCUT2D eigenvalue weighted by Crippen LogP contribution is -2.48. The van der Waals surface area contributed by atoms with Crippen LogP contribution in [0, 0.1) is 0 Å². The number of benzene rings is 1. The first-order valence-corrected chi connectivity index (χ1v) is 5.53. The number of fused-ring (bicyclic) bond motifs is 1. The lowest BCUT2D eigenvalue weighted by Gasteiger charge is -2.36. The molecule has 0 saturated heterocycles. The van der Waals surface area contributed by atoms with E-state index < -0.39 is 37.2 Å². The second-order valence-electron chi connectivity index (χ2n) is 4.15. The molecule has 2 rings (SSSR count). The minimum atomic E-state index is -2.28. The largest absolute Gasteiger partial charge is 0.478 e. The van der Waals surface area contributed by atoms with Crippen LogP contribution in [0.3, 0.4) is 0 Å². The van der Waals surface area contributed by atoms with E-state index in [0.29, 0.717) is 0 Å². The summed E-state index contributed by atoms with van der Waals surface area (Å²) < 4.78 is 44.7. The van der Waals surface area contributed by atoms with Crippen molar-refractivity contribution >= 4 is 11.5 Å². The summed E-state index contributed by atoms with van der Waals surface area (Å²) in [4.78, 5) is 11.2. The highest BCUT2D eigenvalue weighted by Gasteiger charge is 2.47. The van der Waals surface area contributed by atoms with Crippen molar-refractivity contribution in [1.29, 1.82) is 0 Å². The van der Waals surface area contributed by atoms with Crippen molar-refractivity contribution in [2.45, 2.75) is 5.60 Å². The number of hydrogen-bond acceptors (Lipinski definition) is 2. The molecule has 1 aliphatic rings. The fourth-order valence-corrected chi connectivity index (χ4v) is 2.16. The molecule has 3 nitrogen and oxygen atoms in total. The first-order chi connectivity index (χ1) is 9.09. The Bertz CT molecular complexity index is 536. The molecule has 0 atom stereocenters. The van der Waals surface area contributed by atoms with Crippen molar-refractivity contribution < 1.29 is 27.8 Å². The highest BCUT2D eigenvalue weighted by atomic mass is 19.1. The van der Waals surface area contributed by atoms with Crippen molar-refractivity contribution in [3.63, 3.8) is 0 Å². The van der Waals surface area contributed by atoms with Crippen LogP contribution in [0.25, 0.3) is 5.57 Å². The molecule has 0 radical (unpaired) electrons. The van der Waals surface area contributed by atoms with E-state index in [0.717, 1.165) is 0 Å². The molecule has 0 spiro atoms. The second-order valence-corrected chi connectivity index (χ2v) is 4.15. The smallest absolute Gasteiger partial charge is 0.336 e. The monoisotopic (exact) mass is 272 g/mol. The maximum atomic E-state index is 13.2. The predicted octanol–water partition coefficient (Wildman–Crippen LogP) is 2.56. The summed E-state index contributed by atoms with van der Waals surface area (Å²) in [6, 6.07) is 5.99. The van der Waals surface area contributed by atoms with E-state index in [4.69, 9.17) is 9.84 Å². The van der Waals surface area contributed by atoms with Crippen LogP contribution in [-0.2, 0) is 4.79 Å². The van der Waals surface area contributed by atoms with E-state index in [-0.39, 0.29) is 16.9 Å². The zero-order valence-corrected chi connectivity index (χ0v) is 9.83. The normalized spacial score (nSPS) is 16.8. The molecule has 19 heavy (non-hydrogen) atoms. The molecule has 0 amide bonds. The van der Waals surface area contributed by atoms with Gasteiger partial charge < -0.3 is 9.84 Å². The van der Waals surface area contributed by atoms with Gasteiger partial charge in [-0.05, 0) is 6.07 Å². The first-order valence-electron chi connectivity index (χ1n) is 5.53. The van der Waals surface area contributed by atoms with E-state index in [1.807, 2.05) is 0 Å². The highest BCUT2D eigenvalue weighted by molar-refractivity contribution is 6.00. The molecular formula is C13H11F3O3. The van der Waals surface area contributed by atoms with Crippen LogP contribution >= 0.6 is 0 Å². The molecule has 0 fully saturated rings. The maximum absolute atomic E-state index is 13.2. The molecule has 1 heterocycles. The third kappa shape index (κ3) is 1.97. The van der Waals surface area contributed by atoms with Gasteiger partial charge in [-0.3, -0.25) is 0 Å². The van der Waals surface area contributed by atoms with Crippen molar-refractivity contribution in [2.24, 2.45) is 0 Å². The number of hydrogen-bond donors (Lipinski definition) is 1. The standard InChI is InChI=1S/C13H11F3O3/c14-5-9-8-3-1-2-4-10(8)19-13(6-15,7-16)11(9)12(17)18/h1-4H,5-7H2,(H,17,18). The van der Waals surface area contributed by atoms with Gasteiger partial charge in [0.25, 0.3) is 0 Å². The van der Waals surface area contributed by atoms with Gasteiger partial charge in [0.05, 0.1) is 5.57 Å². The number of halogens is 3. The number of ether oxygens (including phenoxy) is 1. The predicted molar refractivity (Wildman–Crippen MR) is 62.3 cm³/mol. The van der Waals surface area contributed by atoms with Crippen LogP contribution in [-0.4, -0.2) is 36.7 Å². The molecule has 0 saturated carbocycles. The Morgan fingerprint density at radius 2 is 1.84 bits per heavy atom. The second kappa shape index (κ2) is 4.95. The highest BCUT2D eigenvalue weighted by Crippen LogP contribution is 2.41. The van der Waals surface area contributed by atoms with E-state index >= 15 is 0 Å². The molecule has 0 bridgehead atoms. The fourth-order valence-electron chi connectivity index (χ4n) is 2.16. The summed E-state index contributed by atoms with van der Waals surface area (Å²) in [6.45, 7) is -3.91. The number of alkyl halides is 3. The van der Waals surface area contributed by atoms with Crippen molar-refractivity contribution in [3.8, 4) is 5.75 Å². The van der Waals surface area contributed by atoms with Gasteiger partial charge in [0, 0.05) is 11.1 Å². The van der Waals surface area contributed by atoms with Gasteiger partial charge in [-0.1, -0.05) is 18.2 Å². The summed E-state index contributed by atoms with van der Waals surface area (Å²) in [5.41, 5.74) is -3.01. The van der Waals surface area contributed by atoms with Crippen LogP contribution in [0.15, 0.2) is 29.8 Å². The Morgan fingerprint density at radius 3 is 2.37 bits per heavy atom. The lowest BCUT2D eigenvalue weighted by molar-refractivity contribution is -0.135. The van der Waals surface area contributed by atoms with Crippen LogP contribution < -0.4 is 4.74 Å². The third-order valence-corrected chi connectivity index (χ3v) is 3.05. The molecule has 0 aliphatic carbocycles. The van der Waals surface area contributed by atoms with Crippen molar-refractivity contribution in [1.82, 2.24) is 0 Å². The molecule has 1 N–H and O–H groups in total. The van der Waals surface area contributed by atoms with Crippen molar-refractivity contribution in [2.75, 3.05) is 20.0 Å². The number of para-hydroxylation sites is 1. The van der Waals surface area contributed by atoms with Gasteiger partial charge in [0.1, 0.15) is 25.8 Å². The van der Waals surface area contributed by atoms with E-state index in [2.05, 4.69) is 0 Å². The summed E-state index contributed by atoms with van der Waals surface area (Å²) in [5, 5.41) is 9.13. The molecular weight excluding hydrogens is 261 g/mol. The minimum absolute atomic E-state index is 0.0791. The van der Waals surface area contributed by atoms with Gasteiger partial charge in [-0.25, -0.2) is 18.0 Å².